The van der Waals surface area contributed by atoms with Crippen molar-refractivity contribution in [3.8, 4) is 11.5 Å². The second-order valence-corrected chi connectivity index (χ2v) is 6.61. The number of nitrogens with one attached hydrogen (secondary N) is 1. The fourth-order valence-corrected chi connectivity index (χ4v) is 2.99. The van der Waals surface area contributed by atoms with Crippen molar-refractivity contribution < 1.29 is 27.4 Å². The van der Waals surface area contributed by atoms with Crippen molar-refractivity contribution in [3.05, 3.63) is 88.7 Å². The van der Waals surface area contributed by atoms with Crippen LogP contribution in [-0.4, -0.2) is 31.1 Å². The van der Waals surface area contributed by atoms with Crippen LogP contribution in [0.4, 0.5) is 13.2 Å². The average molecular weight is 443 g/mol. The molecule has 3 aromatic rings. The Morgan fingerprint density at radius 1 is 1.12 bits per heavy atom. The van der Waals surface area contributed by atoms with Crippen LogP contribution in [0.2, 0.25) is 0 Å². The molecular weight excluding hydrogens is 423 g/mol. The highest BCUT2D eigenvalue weighted by atomic mass is 19.4. The Bertz CT molecular complexity index is 1110. The van der Waals surface area contributed by atoms with E-state index in [0.717, 1.165) is 17.7 Å². The first-order valence-electron chi connectivity index (χ1n) is 9.48. The fourth-order valence-electron chi connectivity index (χ4n) is 2.99. The van der Waals surface area contributed by atoms with Crippen LogP contribution in [0.15, 0.2) is 66.0 Å². The van der Waals surface area contributed by atoms with E-state index in [4.69, 9.17) is 9.47 Å². The number of rotatable bonds is 8. The molecule has 0 spiro atoms. The second kappa shape index (κ2) is 9.95. The molecule has 0 aliphatic rings. The molecule has 32 heavy (non-hydrogen) atoms. The van der Waals surface area contributed by atoms with Crippen LogP contribution >= 0.6 is 0 Å². The third kappa shape index (κ3) is 5.23. The summed E-state index contributed by atoms with van der Waals surface area (Å²) in [4.78, 5) is 15.4. The Morgan fingerprint density at radius 2 is 1.88 bits per heavy atom. The lowest BCUT2D eigenvalue weighted by molar-refractivity contribution is -0.137. The third-order valence-electron chi connectivity index (χ3n) is 4.58. The Labute approximate surface area is 182 Å². The molecule has 0 saturated carbocycles. The minimum Gasteiger partial charge on any atom is -0.497 e. The van der Waals surface area contributed by atoms with Gasteiger partial charge in [-0.2, -0.15) is 18.3 Å². The molecule has 1 N–H and O–H groups in total. The number of benzene rings is 2. The van der Waals surface area contributed by atoms with E-state index in [1.807, 2.05) is 0 Å². The largest absolute Gasteiger partial charge is 0.497 e. The SMILES string of the molecule is CN/N=C(\c1ccncc1C=O)c1ccc(C(F)(F)F)cc1OCc1ccc(OC)cc1. The lowest BCUT2D eigenvalue weighted by Crippen LogP contribution is -2.15. The molecule has 1 aromatic heterocycles. The first kappa shape index (κ1) is 22.8. The number of hydrazone groups is 1. The van der Waals surface area contributed by atoms with Crippen molar-refractivity contribution in [1.29, 1.82) is 0 Å². The average Bonchev–Trinajstić information content (AvgIpc) is 2.81. The molecule has 9 heteroatoms. The summed E-state index contributed by atoms with van der Waals surface area (Å²) in [5.41, 5.74) is 3.68. The molecular formula is C23H20F3N3O3. The highest BCUT2D eigenvalue weighted by Crippen LogP contribution is 2.34. The van der Waals surface area contributed by atoms with Gasteiger partial charge in [0.05, 0.1) is 12.7 Å². The molecule has 0 aliphatic heterocycles. The molecule has 0 saturated heterocycles. The molecule has 0 fully saturated rings. The summed E-state index contributed by atoms with van der Waals surface area (Å²) in [6.07, 6.45) is -1.12. The van der Waals surface area contributed by atoms with Gasteiger partial charge in [0.1, 0.15) is 23.8 Å². The van der Waals surface area contributed by atoms with E-state index in [0.29, 0.717) is 17.6 Å². The number of nitrogens with zero attached hydrogens (tertiary/aromatic N) is 2. The molecule has 0 bridgehead atoms. The van der Waals surface area contributed by atoms with Gasteiger partial charge in [-0.25, -0.2) is 0 Å². The number of ether oxygens (including phenoxy) is 2. The number of halogens is 3. The summed E-state index contributed by atoms with van der Waals surface area (Å²) in [6, 6.07) is 11.7. The van der Waals surface area contributed by atoms with Crippen molar-refractivity contribution >= 4 is 12.0 Å². The van der Waals surface area contributed by atoms with Gasteiger partial charge in [-0.05, 0) is 42.0 Å². The number of hydrogen-bond donors (Lipinski definition) is 1. The lowest BCUT2D eigenvalue weighted by Gasteiger charge is -2.17. The summed E-state index contributed by atoms with van der Waals surface area (Å²) in [5.74, 6) is 0.620. The van der Waals surface area contributed by atoms with Crippen LogP contribution in [0.5, 0.6) is 11.5 Å². The minimum atomic E-state index is -4.55. The van der Waals surface area contributed by atoms with Crippen LogP contribution in [0, 0.1) is 0 Å². The topological polar surface area (TPSA) is 72.8 Å². The quantitative estimate of drug-likeness (QED) is 0.316. The highest BCUT2D eigenvalue weighted by molar-refractivity contribution is 6.17. The molecule has 6 nitrogen and oxygen atoms in total. The second-order valence-electron chi connectivity index (χ2n) is 6.61. The van der Waals surface area contributed by atoms with Gasteiger partial charge < -0.3 is 14.9 Å². The molecule has 3 rings (SSSR count). The van der Waals surface area contributed by atoms with Crippen molar-refractivity contribution in [3.63, 3.8) is 0 Å². The number of carbonyl (C=O) groups is 1. The molecule has 0 amide bonds. The third-order valence-corrected chi connectivity index (χ3v) is 4.58. The summed E-state index contributed by atoms with van der Waals surface area (Å²) < 4.78 is 51.0. The van der Waals surface area contributed by atoms with Gasteiger partial charge in [-0.15, -0.1) is 0 Å². The Hall–Kier alpha value is -3.88. The summed E-state index contributed by atoms with van der Waals surface area (Å²) in [6.45, 7) is 0.0159. The number of aromatic nitrogens is 1. The van der Waals surface area contributed by atoms with Crippen LogP contribution in [0.1, 0.15) is 32.6 Å². The highest BCUT2D eigenvalue weighted by Gasteiger charge is 2.32. The standard InChI is InChI=1S/C23H20F3N3O3/c1-27-29-22(19-9-10-28-12-16(19)13-30)20-8-5-17(23(24,25)26)11-21(20)32-14-15-3-6-18(31-2)7-4-15/h3-13,27H,14H2,1-2H3/b29-22+. The molecule has 0 radical (unpaired) electrons. The Kier molecular flexibility index (Phi) is 7.09. The number of methoxy groups -OCH3 is 1. The molecule has 0 unspecified atom stereocenters. The lowest BCUT2D eigenvalue weighted by atomic mass is 9.97. The maximum atomic E-state index is 13.4. The van der Waals surface area contributed by atoms with Gasteiger partial charge in [0, 0.05) is 36.1 Å². The molecule has 0 aliphatic carbocycles. The van der Waals surface area contributed by atoms with E-state index >= 15 is 0 Å². The molecule has 1 heterocycles. The number of pyridine rings is 1. The van der Waals surface area contributed by atoms with Gasteiger partial charge >= 0.3 is 6.18 Å². The zero-order valence-corrected chi connectivity index (χ0v) is 17.3. The first-order valence-corrected chi connectivity index (χ1v) is 9.48. The normalized spacial score (nSPS) is 11.7. The van der Waals surface area contributed by atoms with E-state index in [9.17, 15) is 18.0 Å². The zero-order chi connectivity index (χ0) is 23.1. The maximum absolute atomic E-state index is 13.4. The predicted molar refractivity (Wildman–Crippen MR) is 113 cm³/mol. The van der Waals surface area contributed by atoms with E-state index in [-0.39, 0.29) is 29.2 Å². The smallest absolute Gasteiger partial charge is 0.416 e. The summed E-state index contributed by atoms with van der Waals surface area (Å²) in [5, 5.41) is 4.21. The minimum absolute atomic E-state index is 0.0159. The first-order chi connectivity index (χ1) is 15.4. The summed E-state index contributed by atoms with van der Waals surface area (Å²) in [7, 11) is 3.08. The van der Waals surface area contributed by atoms with Crippen LogP contribution in [0.3, 0.4) is 0 Å². The van der Waals surface area contributed by atoms with Crippen LogP contribution in [-0.2, 0) is 12.8 Å². The molecule has 2 aromatic carbocycles. The molecule has 0 atom stereocenters. The van der Waals surface area contributed by atoms with Crippen molar-refractivity contribution in [2.24, 2.45) is 5.10 Å². The van der Waals surface area contributed by atoms with Crippen LogP contribution < -0.4 is 14.9 Å². The molecule has 166 valence electrons. The predicted octanol–water partition coefficient (Wildman–Crippen LogP) is 4.47. The van der Waals surface area contributed by atoms with E-state index in [2.05, 4.69) is 15.5 Å². The number of aldehydes is 1. The van der Waals surface area contributed by atoms with Gasteiger partial charge in [0.25, 0.3) is 0 Å². The van der Waals surface area contributed by atoms with Crippen LogP contribution in [0.25, 0.3) is 0 Å². The maximum Gasteiger partial charge on any atom is 0.416 e. The Balaban J connectivity index is 2.06. The monoisotopic (exact) mass is 443 g/mol. The van der Waals surface area contributed by atoms with Gasteiger partial charge in [-0.1, -0.05) is 12.1 Å². The van der Waals surface area contributed by atoms with Crippen molar-refractivity contribution in [2.75, 3.05) is 14.2 Å². The van der Waals surface area contributed by atoms with E-state index in [1.54, 1.807) is 37.4 Å². The van der Waals surface area contributed by atoms with Crippen molar-refractivity contribution in [2.45, 2.75) is 12.8 Å². The van der Waals surface area contributed by atoms with Gasteiger partial charge in [0.15, 0.2) is 6.29 Å². The summed E-state index contributed by atoms with van der Waals surface area (Å²) >= 11 is 0. The number of alkyl halides is 3. The van der Waals surface area contributed by atoms with Gasteiger partial charge in [-0.3, -0.25) is 9.78 Å². The van der Waals surface area contributed by atoms with Crippen molar-refractivity contribution in [1.82, 2.24) is 10.4 Å². The van der Waals surface area contributed by atoms with Gasteiger partial charge in [0.2, 0.25) is 0 Å². The van der Waals surface area contributed by atoms with E-state index < -0.39 is 11.7 Å². The Morgan fingerprint density at radius 3 is 2.50 bits per heavy atom. The fraction of sp³-hybridized carbons (Fsp3) is 0.174. The zero-order valence-electron chi connectivity index (χ0n) is 17.3. The van der Waals surface area contributed by atoms with E-state index in [1.165, 1.54) is 25.6 Å². The number of hydrogen-bond acceptors (Lipinski definition) is 6. The number of carbonyl (C=O) groups excluding carboxylic acids is 1.